The van der Waals surface area contributed by atoms with Gasteiger partial charge < -0.3 is 9.88 Å². The third kappa shape index (κ3) is 3.16. The molecule has 0 saturated carbocycles. The van der Waals surface area contributed by atoms with Crippen molar-refractivity contribution >= 4 is 22.4 Å². The minimum atomic E-state index is -0.411. The lowest BCUT2D eigenvalue weighted by Crippen LogP contribution is -2.49. The molecule has 0 spiro atoms. The Morgan fingerprint density at radius 3 is 2.48 bits per heavy atom. The predicted octanol–water partition coefficient (Wildman–Crippen LogP) is 4.42. The molecule has 5 rings (SSSR count). The Kier molecular flexibility index (Phi) is 4.85. The van der Waals surface area contributed by atoms with E-state index in [4.69, 9.17) is 6.42 Å². The molecule has 5 heteroatoms. The van der Waals surface area contributed by atoms with Crippen molar-refractivity contribution < 1.29 is 4.79 Å². The number of fused-ring (bicyclic) bond motifs is 4. The van der Waals surface area contributed by atoms with Gasteiger partial charge in [0.2, 0.25) is 0 Å². The summed E-state index contributed by atoms with van der Waals surface area (Å²) in [6.45, 7) is 12.6. The van der Waals surface area contributed by atoms with E-state index in [0.29, 0.717) is 22.7 Å². The van der Waals surface area contributed by atoms with Gasteiger partial charge in [-0.25, -0.2) is 0 Å². The number of rotatable bonds is 2. The molecule has 1 aliphatic heterocycles. The highest BCUT2D eigenvalue weighted by Crippen LogP contribution is 2.45. The van der Waals surface area contributed by atoms with Gasteiger partial charge in [0.1, 0.15) is 0 Å². The highest BCUT2D eigenvalue weighted by molar-refractivity contribution is 6.20. The lowest BCUT2D eigenvalue weighted by Gasteiger charge is -2.40. The molecule has 33 heavy (non-hydrogen) atoms. The van der Waals surface area contributed by atoms with Gasteiger partial charge in [0.05, 0.1) is 22.9 Å². The summed E-state index contributed by atoms with van der Waals surface area (Å²) in [5.41, 5.74) is 6.03. The van der Waals surface area contributed by atoms with Crippen molar-refractivity contribution in [1.82, 2.24) is 9.88 Å². The van der Waals surface area contributed by atoms with Crippen LogP contribution in [0.15, 0.2) is 30.3 Å². The molecule has 1 aromatic heterocycles. The molecule has 0 bridgehead atoms. The van der Waals surface area contributed by atoms with Crippen LogP contribution in [0.2, 0.25) is 0 Å². The first kappa shape index (κ1) is 21.3. The van der Waals surface area contributed by atoms with Crippen LogP contribution < -0.4 is 4.90 Å². The van der Waals surface area contributed by atoms with E-state index in [0.717, 1.165) is 59.6 Å². The molecule has 1 fully saturated rings. The number of carbonyl (C=O) groups excluding carboxylic acids is 1. The van der Waals surface area contributed by atoms with Gasteiger partial charge in [-0.2, -0.15) is 5.26 Å². The zero-order chi connectivity index (χ0) is 23.5. The molecule has 1 saturated heterocycles. The first-order valence-electron chi connectivity index (χ1n) is 11.5. The fourth-order valence-electron chi connectivity index (χ4n) is 5.39. The maximum Gasteiger partial charge on any atom is 0.195 e. The van der Waals surface area contributed by atoms with Gasteiger partial charge in [0.15, 0.2) is 5.78 Å². The van der Waals surface area contributed by atoms with Crippen LogP contribution in [0.25, 0.3) is 10.9 Å². The number of H-pyrrole nitrogens is 1. The Balaban J connectivity index is 1.64. The van der Waals surface area contributed by atoms with Crippen molar-refractivity contribution in [2.75, 3.05) is 31.1 Å². The molecule has 2 aromatic carbocycles. The smallest absolute Gasteiger partial charge is 0.195 e. The molecule has 0 amide bonds. The monoisotopic (exact) mass is 436 g/mol. The van der Waals surface area contributed by atoms with Crippen LogP contribution in [0.3, 0.4) is 0 Å². The molecule has 1 N–H and O–H groups in total. The predicted molar refractivity (Wildman–Crippen MR) is 132 cm³/mol. The molecule has 0 atom stereocenters. The van der Waals surface area contributed by atoms with Gasteiger partial charge in [0.25, 0.3) is 0 Å². The largest absolute Gasteiger partial charge is 0.368 e. The van der Waals surface area contributed by atoms with E-state index in [-0.39, 0.29) is 5.78 Å². The summed E-state index contributed by atoms with van der Waals surface area (Å²) in [6, 6.07) is 12.2. The third-order valence-electron chi connectivity index (χ3n) is 7.37. The lowest BCUT2D eigenvalue weighted by molar-refractivity contribution is 0.103. The van der Waals surface area contributed by atoms with Crippen LogP contribution in [0.1, 0.15) is 66.0 Å². The third-order valence-corrected chi connectivity index (χ3v) is 7.37. The first-order chi connectivity index (χ1) is 15.8. The maximum absolute atomic E-state index is 13.7. The molecular formula is C28H28N4O. The number of nitriles is 1. The molecular weight excluding hydrogens is 408 g/mol. The number of anilines is 1. The summed E-state index contributed by atoms with van der Waals surface area (Å²) < 4.78 is 0. The van der Waals surface area contributed by atoms with E-state index < -0.39 is 5.41 Å². The van der Waals surface area contributed by atoms with Crippen LogP contribution in [-0.2, 0) is 5.41 Å². The van der Waals surface area contributed by atoms with Crippen molar-refractivity contribution in [3.63, 3.8) is 0 Å². The SMILES string of the molecule is C#Cc1cc2c(cc1N1CCN(C(C)C)CC1)C(C)(C)c1[nH]c3cc(C#N)ccc3c1C2=O. The molecule has 0 radical (unpaired) electrons. The number of ketones is 1. The number of piperazine rings is 1. The van der Waals surface area contributed by atoms with Gasteiger partial charge in [-0.15, -0.1) is 6.42 Å². The molecule has 0 unspecified atom stereocenters. The van der Waals surface area contributed by atoms with E-state index in [1.165, 1.54) is 0 Å². The number of aromatic nitrogens is 1. The Labute approximate surface area is 195 Å². The van der Waals surface area contributed by atoms with Crippen LogP contribution in [0.5, 0.6) is 0 Å². The Morgan fingerprint density at radius 1 is 1.12 bits per heavy atom. The van der Waals surface area contributed by atoms with Crippen molar-refractivity contribution in [2.45, 2.75) is 39.2 Å². The second-order valence-electron chi connectivity index (χ2n) is 9.88. The first-order valence-corrected chi connectivity index (χ1v) is 11.5. The fraction of sp³-hybridized carbons (Fsp3) is 0.357. The van der Waals surface area contributed by atoms with Gasteiger partial charge in [-0.1, -0.05) is 25.8 Å². The molecule has 5 nitrogen and oxygen atoms in total. The number of hydrogen-bond acceptors (Lipinski definition) is 4. The number of hydrogen-bond donors (Lipinski definition) is 1. The van der Waals surface area contributed by atoms with Crippen molar-refractivity contribution in [3.8, 4) is 18.4 Å². The standard InChI is InChI=1S/C28H28N4O/c1-6-19-14-21-22(15-24(19)32-11-9-31(10-12-32)17(2)3)28(4,5)27-25(26(21)33)20-8-7-18(16-29)13-23(20)30-27/h1,7-8,13-15,17,30H,9-12H2,2-5H3. The molecule has 166 valence electrons. The second-order valence-corrected chi connectivity index (χ2v) is 9.88. The van der Waals surface area contributed by atoms with Crippen molar-refractivity contribution in [1.29, 1.82) is 5.26 Å². The van der Waals surface area contributed by atoms with Crippen LogP contribution in [0.4, 0.5) is 5.69 Å². The Hall–Kier alpha value is -3.54. The van der Waals surface area contributed by atoms with E-state index in [1.807, 2.05) is 18.2 Å². The normalized spacial score (nSPS) is 17.5. The van der Waals surface area contributed by atoms with E-state index >= 15 is 0 Å². The highest BCUT2D eigenvalue weighted by Gasteiger charge is 2.40. The number of benzene rings is 2. The number of nitrogens with one attached hydrogen (secondary N) is 1. The maximum atomic E-state index is 13.7. The van der Waals surface area contributed by atoms with Crippen molar-refractivity contribution in [2.24, 2.45) is 0 Å². The summed E-state index contributed by atoms with van der Waals surface area (Å²) in [4.78, 5) is 22.0. The summed E-state index contributed by atoms with van der Waals surface area (Å²) >= 11 is 0. The van der Waals surface area contributed by atoms with Gasteiger partial charge in [0, 0.05) is 65.4 Å². The lowest BCUT2D eigenvalue weighted by atomic mass is 9.70. The van der Waals surface area contributed by atoms with Crippen molar-refractivity contribution in [3.05, 3.63) is 63.8 Å². The fourth-order valence-corrected chi connectivity index (χ4v) is 5.39. The summed E-state index contributed by atoms with van der Waals surface area (Å²) in [7, 11) is 0. The van der Waals surface area contributed by atoms with Crippen LogP contribution >= 0.6 is 0 Å². The average Bonchev–Trinajstić information content (AvgIpc) is 3.22. The number of nitrogens with zero attached hydrogens (tertiary/aromatic N) is 3. The van der Waals surface area contributed by atoms with Crippen LogP contribution in [0, 0.1) is 23.7 Å². The highest BCUT2D eigenvalue weighted by atomic mass is 16.1. The average molecular weight is 437 g/mol. The number of terminal acetylenes is 1. The Morgan fingerprint density at radius 2 is 1.85 bits per heavy atom. The van der Waals surface area contributed by atoms with E-state index in [9.17, 15) is 10.1 Å². The van der Waals surface area contributed by atoms with E-state index in [2.05, 4.69) is 60.5 Å². The zero-order valence-electron chi connectivity index (χ0n) is 19.6. The van der Waals surface area contributed by atoms with Gasteiger partial charge in [-0.05, 0) is 43.7 Å². The summed E-state index contributed by atoms with van der Waals surface area (Å²) in [5, 5.41) is 10.1. The number of carbonyl (C=O) groups is 1. The summed E-state index contributed by atoms with van der Waals surface area (Å²) in [5.74, 6) is 2.83. The Bertz CT molecular complexity index is 1370. The molecule has 2 aliphatic rings. The molecule has 3 aromatic rings. The zero-order valence-corrected chi connectivity index (χ0v) is 19.6. The van der Waals surface area contributed by atoms with Gasteiger partial charge >= 0.3 is 0 Å². The van der Waals surface area contributed by atoms with Gasteiger partial charge in [-0.3, -0.25) is 9.69 Å². The molecule has 2 heterocycles. The minimum absolute atomic E-state index is 0.0111. The number of aromatic amines is 1. The quantitative estimate of drug-likeness (QED) is 0.604. The molecule has 1 aliphatic carbocycles. The second kappa shape index (κ2) is 7.51. The summed E-state index contributed by atoms with van der Waals surface area (Å²) in [6.07, 6.45) is 5.94. The minimum Gasteiger partial charge on any atom is -0.368 e. The van der Waals surface area contributed by atoms with Crippen LogP contribution in [-0.4, -0.2) is 47.9 Å². The topological polar surface area (TPSA) is 63.1 Å². The van der Waals surface area contributed by atoms with E-state index in [1.54, 1.807) is 6.07 Å².